The lowest BCUT2D eigenvalue weighted by Crippen LogP contribution is -2.37. The van der Waals surface area contributed by atoms with E-state index in [1.165, 1.54) is 7.11 Å². The van der Waals surface area contributed by atoms with E-state index < -0.39 is 23.5 Å². The SMILES string of the molecule is CCC(COC)NC(CO)c1cc(F)c(F)c(F)c1. The Bertz CT molecular complexity index is 392. The summed E-state index contributed by atoms with van der Waals surface area (Å²) in [6.07, 6.45) is 0.719. The third-order valence-electron chi connectivity index (χ3n) is 2.89. The third kappa shape index (κ3) is 4.19. The number of ether oxygens (including phenoxy) is 1. The van der Waals surface area contributed by atoms with Crippen LogP contribution in [0.25, 0.3) is 0 Å². The van der Waals surface area contributed by atoms with Crippen LogP contribution in [0, 0.1) is 17.5 Å². The van der Waals surface area contributed by atoms with Crippen LogP contribution in [-0.4, -0.2) is 31.5 Å². The maximum absolute atomic E-state index is 13.2. The maximum atomic E-state index is 13.2. The number of hydrogen-bond acceptors (Lipinski definition) is 3. The Morgan fingerprint density at radius 1 is 1.26 bits per heavy atom. The number of rotatable bonds is 7. The number of benzene rings is 1. The molecule has 19 heavy (non-hydrogen) atoms. The first kappa shape index (κ1) is 15.9. The zero-order valence-corrected chi connectivity index (χ0v) is 10.9. The first-order valence-electron chi connectivity index (χ1n) is 6.03. The highest BCUT2D eigenvalue weighted by atomic mass is 19.2. The fourth-order valence-electron chi connectivity index (χ4n) is 1.80. The molecule has 1 aromatic rings. The van der Waals surface area contributed by atoms with Crippen molar-refractivity contribution in [3.8, 4) is 0 Å². The van der Waals surface area contributed by atoms with Crippen molar-refractivity contribution in [1.82, 2.24) is 5.32 Å². The summed E-state index contributed by atoms with van der Waals surface area (Å²) in [5.74, 6) is -4.05. The van der Waals surface area contributed by atoms with E-state index in [0.29, 0.717) is 6.61 Å². The van der Waals surface area contributed by atoms with E-state index in [0.717, 1.165) is 18.6 Å². The Kier molecular flexibility index (Phi) is 6.27. The topological polar surface area (TPSA) is 41.5 Å². The van der Waals surface area contributed by atoms with Gasteiger partial charge in [0.2, 0.25) is 0 Å². The van der Waals surface area contributed by atoms with E-state index in [2.05, 4.69) is 5.32 Å². The molecule has 0 radical (unpaired) electrons. The summed E-state index contributed by atoms with van der Waals surface area (Å²) >= 11 is 0. The molecule has 0 aliphatic carbocycles. The Morgan fingerprint density at radius 2 is 1.84 bits per heavy atom. The molecule has 3 nitrogen and oxygen atoms in total. The van der Waals surface area contributed by atoms with Crippen LogP contribution in [0.5, 0.6) is 0 Å². The van der Waals surface area contributed by atoms with Gasteiger partial charge in [0.1, 0.15) is 0 Å². The molecule has 0 saturated carbocycles. The van der Waals surface area contributed by atoms with Crippen molar-refractivity contribution < 1.29 is 23.0 Å². The fraction of sp³-hybridized carbons (Fsp3) is 0.538. The normalized spacial score (nSPS) is 14.4. The van der Waals surface area contributed by atoms with Gasteiger partial charge in [-0.05, 0) is 24.1 Å². The molecule has 0 aliphatic heterocycles. The van der Waals surface area contributed by atoms with Gasteiger partial charge in [-0.1, -0.05) is 6.92 Å². The molecule has 0 spiro atoms. The lowest BCUT2D eigenvalue weighted by Gasteiger charge is -2.23. The molecule has 0 aromatic heterocycles. The summed E-state index contributed by atoms with van der Waals surface area (Å²) in [4.78, 5) is 0. The number of aliphatic hydroxyl groups excluding tert-OH is 1. The predicted molar refractivity (Wildman–Crippen MR) is 65.2 cm³/mol. The number of methoxy groups -OCH3 is 1. The number of hydrogen-bond donors (Lipinski definition) is 2. The van der Waals surface area contributed by atoms with Crippen LogP contribution in [-0.2, 0) is 4.74 Å². The van der Waals surface area contributed by atoms with Gasteiger partial charge in [-0.2, -0.15) is 0 Å². The van der Waals surface area contributed by atoms with Crippen molar-refractivity contribution in [2.24, 2.45) is 0 Å². The van der Waals surface area contributed by atoms with Crippen molar-refractivity contribution in [1.29, 1.82) is 0 Å². The van der Waals surface area contributed by atoms with Crippen molar-refractivity contribution in [2.45, 2.75) is 25.4 Å². The number of aliphatic hydroxyl groups is 1. The molecular formula is C13H18F3NO2. The molecule has 2 unspecified atom stereocenters. The largest absolute Gasteiger partial charge is 0.394 e. The van der Waals surface area contributed by atoms with Gasteiger partial charge in [0.05, 0.1) is 19.3 Å². The Labute approximate surface area is 110 Å². The highest BCUT2D eigenvalue weighted by Crippen LogP contribution is 2.20. The van der Waals surface area contributed by atoms with E-state index in [9.17, 15) is 18.3 Å². The molecule has 108 valence electrons. The highest BCUT2D eigenvalue weighted by molar-refractivity contribution is 5.23. The van der Waals surface area contributed by atoms with Crippen LogP contribution < -0.4 is 5.32 Å². The first-order chi connectivity index (χ1) is 9.03. The van der Waals surface area contributed by atoms with Crippen LogP contribution in [0.4, 0.5) is 13.2 Å². The Morgan fingerprint density at radius 3 is 2.26 bits per heavy atom. The van der Waals surface area contributed by atoms with Crippen LogP contribution in [0.2, 0.25) is 0 Å². The van der Waals surface area contributed by atoms with E-state index in [1.807, 2.05) is 6.92 Å². The first-order valence-corrected chi connectivity index (χ1v) is 6.03. The zero-order valence-electron chi connectivity index (χ0n) is 10.9. The fourth-order valence-corrected chi connectivity index (χ4v) is 1.80. The zero-order chi connectivity index (χ0) is 14.4. The van der Waals surface area contributed by atoms with Gasteiger partial charge < -0.3 is 15.2 Å². The summed E-state index contributed by atoms with van der Waals surface area (Å²) < 4.78 is 44.2. The van der Waals surface area contributed by atoms with Crippen molar-refractivity contribution in [3.05, 3.63) is 35.1 Å². The lowest BCUT2D eigenvalue weighted by molar-refractivity contribution is 0.146. The van der Waals surface area contributed by atoms with Gasteiger partial charge in [-0.25, -0.2) is 13.2 Å². The second-order valence-corrected chi connectivity index (χ2v) is 4.26. The molecule has 0 saturated heterocycles. The van der Waals surface area contributed by atoms with Gasteiger partial charge in [0.25, 0.3) is 0 Å². The van der Waals surface area contributed by atoms with E-state index in [1.54, 1.807) is 0 Å². The van der Waals surface area contributed by atoms with Crippen LogP contribution in [0.1, 0.15) is 24.9 Å². The maximum Gasteiger partial charge on any atom is 0.194 e. The summed E-state index contributed by atoms with van der Waals surface area (Å²) in [7, 11) is 1.54. The van der Waals surface area contributed by atoms with Crippen LogP contribution in [0.15, 0.2) is 12.1 Å². The third-order valence-corrected chi connectivity index (χ3v) is 2.89. The van der Waals surface area contributed by atoms with Gasteiger partial charge in [-0.15, -0.1) is 0 Å². The minimum absolute atomic E-state index is 0.0710. The quantitative estimate of drug-likeness (QED) is 0.750. The van der Waals surface area contributed by atoms with Gasteiger partial charge in [-0.3, -0.25) is 0 Å². The van der Waals surface area contributed by atoms with E-state index in [-0.39, 0.29) is 18.2 Å². The standard InChI is InChI=1S/C13H18F3NO2/c1-3-9(7-19-2)17-12(6-18)8-4-10(14)13(16)11(15)5-8/h4-5,9,12,17-18H,3,6-7H2,1-2H3. The Balaban J connectivity index is 2.90. The molecule has 1 aromatic carbocycles. The minimum Gasteiger partial charge on any atom is -0.394 e. The second-order valence-electron chi connectivity index (χ2n) is 4.26. The second kappa shape index (κ2) is 7.47. The summed E-state index contributed by atoms with van der Waals surface area (Å²) in [6, 6.07) is 1.01. The van der Waals surface area contributed by atoms with Crippen molar-refractivity contribution in [3.63, 3.8) is 0 Å². The van der Waals surface area contributed by atoms with Crippen molar-refractivity contribution >= 4 is 0 Å². The molecule has 0 bridgehead atoms. The van der Waals surface area contributed by atoms with Gasteiger partial charge in [0.15, 0.2) is 17.5 Å². The molecule has 1 rings (SSSR count). The summed E-state index contributed by atoms with van der Waals surface area (Å²) in [6.45, 7) is 1.96. The smallest absolute Gasteiger partial charge is 0.194 e. The van der Waals surface area contributed by atoms with E-state index in [4.69, 9.17) is 4.74 Å². The van der Waals surface area contributed by atoms with E-state index >= 15 is 0 Å². The lowest BCUT2D eigenvalue weighted by atomic mass is 10.1. The molecule has 0 heterocycles. The molecule has 2 N–H and O–H groups in total. The van der Waals surface area contributed by atoms with Gasteiger partial charge in [0, 0.05) is 13.2 Å². The minimum atomic E-state index is -1.51. The number of halogens is 3. The molecule has 2 atom stereocenters. The molecule has 0 amide bonds. The molecule has 0 fully saturated rings. The summed E-state index contributed by atoms with van der Waals surface area (Å²) in [5.41, 5.74) is 0.161. The molecular weight excluding hydrogens is 259 g/mol. The Hall–Kier alpha value is -1.11. The summed E-state index contributed by atoms with van der Waals surface area (Å²) in [5, 5.41) is 12.3. The van der Waals surface area contributed by atoms with Gasteiger partial charge >= 0.3 is 0 Å². The average molecular weight is 277 g/mol. The predicted octanol–water partition coefficient (Wildman–Crippen LogP) is 2.15. The number of nitrogens with one attached hydrogen (secondary N) is 1. The monoisotopic (exact) mass is 277 g/mol. The highest BCUT2D eigenvalue weighted by Gasteiger charge is 2.19. The molecule has 0 aliphatic rings. The van der Waals surface area contributed by atoms with Crippen molar-refractivity contribution in [2.75, 3.05) is 20.3 Å². The molecule has 6 heteroatoms. The van der Waals surface area contributed by atoms with Crippen LogP contribution >= 0.6 is 0 Å². The van der Waals surface area contributed by atoms with Crippen LogP contribution in [0.3, 0.4) is 0 Å². The average Bonchev–Trinajstić information content (AvgIpc) is 2.40.